The first kappa shape index (κ1) is 16.6. The van der Waals surface area contributed by atoms with Gasteiger partial charge in [-0.15, -0.1) is 0 Å². The first-order valence-electron chi connectivity index (χ1n) is 7.68. The number of ether oxygens (including phenoxy) is 2. The van der Waals surface area contributed by atoms with E-state index in [1.807, 2.05) is 31.2 Å². The lowest BCUT2D eigenvalue weighted by atomic mass is 10.1. The third-order valence-electron chi connectivity index (χ3n) is 3.74. The van der Waals surface area contributed by atoms with Crippen molar-refractivity contribution in [3.8, 4) is 22.8 Å². The number of hydrogen-bond donors (Lipinski definition) is 1. The Labute approximate surface area is 145 Å². The monoisotopic (exact) mass is 338 g/mol. The topological polar surface area (TPSA) is 73.6 Å². The Bertz CT molecular complexity index is 885. The molecule has 3 aromatic rings. The lowest BCUT2D eigenvalue weighted by molar-refractivity contribution is 0.101. The molecule has 6 nitrogen and oxygen atoms in total. The number of carbonyl (C=O) groups excluding carboxylic acids is 1. The van der Waals surface area contributed by atoms with Crippen molar-refractivity contribution in [1.82, 2.24) is 5.16 Å². The Morgan fingerprint density at radius 1 is 1.04 bits per heavy atom. The number of anilines is 1. The highest BCUT2D eigenvalue weighted by molar-refractivity contribution is 6.04. The van der Waals surface area contributed by atoms with Gasteiger partial charge in [0.2, 0.25) is 0 Å². The summed E-state index contributed by atoms with van der Waals surface area (Å²) < 4.78 is 15.7. The van der Waals surface area contributed by atoms with E-state index in [0.717, 1.165) is 11.1 Å². The van der Waals surface area contributed by atoms with Gasteiger partial charge in [0.25, 0.3) is 5.91 Å². The fourth-order valence-electron chi connectivity index (χ4n) is 2.32. The Morgan fingerprint density at radius 2 is 1.80 bits per heavy atom. The highest BCUT2D eigenvalue weighted by atomic mass is 16.5. The van der Waals surface area contributed by atoms with E-state index in [2.05, 4.69) is 10.5 Å². The molecular formula is C19H18N2O4. The summed E-state index contributed by atoms with van der Waals surface area (Å²) in [6.07, 6.45) is 0. The molecule has 25 heavy (non-hydrogen) atoms. The van der Waals surface area contributed by atoms with Gasteiger partial charge in [-0.05, 0) is 19.1 Å². The molecule has 1 N–H and O–H groups in total. The van der Waals surface area contributed by atoms with Crippen molar-refractivity contribution in [3.63, 3.8) is 0 Å². The van der Waals surface area contributed by atoms with E-state index in [4.69, 9.17) is 14.0 Å². The van der Waals surface area contributed by atoms with Crippen molar-refractivity contribution < 1.29 is 18.8 Å². The highest BCUT2D eigenvalue weighted by Gasteiger charge is 2.16. The predicted molar refractivity (Wildman–Crippen MR) is 94.2 cm³/mol. The zero-order chi connectivity index (χ0) is 17.8. The summed E-state index contributed by atoms with van der Waals surface area (Å²) in [5, 5.41) is 6.61. The minimum atomic E-state index is -0.384. The molecule has 1 aromatic heterocycles. The molecule has 0 bridgehead atoms. The van der Waals surface area contributed by atoms with E-state index in [9.17, 15) is 4.79 Å². The predicted octanol–water partition coefficient (Wildman–Crippen LogP) is 3.92. The lowest BCUT2D eigenvalue weighted by Crippen LogP contribution is -2.13. The number of aryl methyl sites for hydroxylation is 1. The lowest BCUT2D eigenvalue weighted by Gasteiger charge is -2.10. The third-order valence-corrected chi connectivity index (χ3v) is 3.74. The SMILES string of the molecule is COc1ccc(NC(=O)c2cc(-c3ccc(C)cc3)on2)c(OC)c1. The molecule has 1 heterocycles. The minimum Gasteiger partial charge on any atom is -0.497 e. The van der Waals surface area contributed by atoms with Gasteiger partial charge in [0.15, 0.2) is 11.5 Å². The molecule has 1 amide bonds. The maximum absolute atomic E-state index is 12.4. The average molecular weight is 338 g/mol. The molecule has 0 saturated heterocycles. The van der Waals surface area contributed by atoms with Gasteiger partial charge in [-0.3, -0.25) is 4.79 Å². The first-order chi connectivity index (χ1) is 12.1. The van der Waals surface area contributed by atoms with Gasteiger partial charge in [-0.25, -0.2) is 0 Å². The zero-order valence-electron chi connectivity index (χ0n) is 14.2. The van der Waals surface area contributed by atoms with E-state index >= 15 is 0 Å². The van der Waals surface area contributed by atoms with Gasteiger partial charge in [0, 0.05) is 17.7 Å². The van der Waals surface area contributed by atoms with Crippen LogP contribution in [0.3, 0.4) is 0 Å². The summed E-state index contributed by atoms with van der Waals surface area (Å²) >= 11 is 0. The van der Waals surface area contributed by atoms with Crippen LogP contribution >= 0.6 is 0 Å². The zero-order valence-corrected chi connectivity index (χ0v) is 14.2. The molecule has 0 unspecified atom stereocenters. The highest BCUT2D eigenvalue weighted by Crippen LogP contribution is 2.29. The molecule has 0 spiro atoms. The summed E-state index contributed by atoms with van der Waals surface area (Å²) in [5.41, 5.74) is 2.72. The second kappa shape index (κ2) is 7.09. The Balaban J connectivity index is 1.79. The molecule has 128 valence electrons. The van der Waals surface area contributed by atoms with E-state index in [0.29, 0.717) is 22.9 Å². The molecule has 0 radical (unpaired) electrons. The van der Waals surface area contributed by atoms with Crippen molar-refractivity contribution in [2.75, 3.05) is 19.5 Å². The van der Waals surface area contributed by atoms with Crippen LogP contribution in [0.1, 0.15) is 16.1 Å². The van der Waals surface area contributed by atoms with E-state index < -0.39 is 0 Å². The molecule has 2 aromatic carbocycles. The van der Waals surface area contributed by atoms with Gasteiger partial charge >= 0.3 is 0 Å². The second-order valence-electron chi connectivity index (χ2n) is 5.46. The molecule has 0 atom stereocenters. The van der Waals surface area contributed by atoms with Crippen LogP contribution in [0.2, 0.25) is 0 Å². The van der Waals surface area contributed by atoms with Gasteiger partial charge in [-0.2, -0.15) is 0 Å². The summed E-state index contributed by atoms with van der Waals surface area (Å²) in [6, 6.07) is 14.5. The molecule has 0 fully saturated rings. The van der Waals surface area contributed by atoms with Crippen LogP contribution in [-0.4, -0.2) is 25.3 Å². The number of rotatable bonds is 5. The second-order valence-corrected chi connectivity index (χ2v) is 5.46. The largest absolute Gasteiger partial charge is 0.497 e. The molecular weight excluding hydrogens is 320 g/mol. The van der Waals surface area contributed by atoms with E-state index in [1.54, 1.807) is 31.4 Å². The van der Waals surface area contributed by atoms with Crippen LogP contribution in [0, 0.1) is 6.92 Å². The molecule has 0 aliphatic carbocycles. The van der Waals surface area contributed by atoms with Crippen molar-refractivity contribution in [2.24, 2.45) is 0 Å². The standard InChI is InChI=1S/C19H18N2O4/c1-12-4-6-13(7-5-12)17-11-16(21-25-17)19(22)20-15-9-8-14(23-2)10-18(15)24-3/h4-11H,1-3H3,(H,20,22). The third kappa shape index (κ3) is 3.63. The summed E-state index contributed by atoms with van der Waals surface area (Å²) in [6.45, 7) is 2.01. The van der Waals surface area contributed by atoms with Gasteiger partial charge in [0.05, 0.1) is 19.9 Å². The number of amides is 1. The van der Waals surface area contributed by atoms with Crippen LogP contribution < -0.4 is 14.8 Å². The normalized spacial score (nSPS) is 10.4. The van der Waals surface area contributed by atoms with E-state index in [-0.39, 0.29) is 11.6 Å². The van der Waals surface area contributed by atoms with Crippen molar-refractivity contribution in [2.45, 2.75) is 6.92 Å². The fraction of sp³-hybridized carbons (Fsp3) is 0.158. The van der Waals surface area contributed by atoms with Crippen molar-refractivity contribution in [1.29, 1.82) is 0 Å². The van der Waals surface area contributed by atoms with Gasteiger partial charge in [-0.1, -0.05) is 35.0 Å². The van der Waals surface area contributed by atoms with Crippen LogP contribution in [0.15, 0.2) is 53.1 Å². The maximum Gasteiger partial charge on any atom is 0.277 e. The van der Waals surface area contributed by atoms with Crippen molar-refractivity contribution >= 4 is 11.6 Å². The smallest absolute Gasteiger partial charge is 0.277 e. The number of benzene rings is 2. The quantitative estimate of drug-likeness (QED) is 0.763. The van der Waals surface area contributed by atoms with Crippen molar-refractivity contribution in [3.05, 3.63) is 59.8 Å². The number of hydrogen-bond acceptors (Lipinski definition) is 5. The minimum absolute atomic E-state index is 0.188. The molecule has 0 saturated carbocycles. The number of nitrogens with one attached hydrogen (secondary N) is 1. The first-order valence-corrected chi connectivity index (χ1v) is 7.68. The number of methoxy groups -OCH3 is 2. The van der Waals surface area contributed by atoms with Crippen LogP contribution in [0.5, 0.6) is 11.5 Å². The van der Waals surface area contributed by atoms with Gasteiger partial charge in [0.1, 0.15) is 11.5 Å². The maximum atomic E-state index is 12.4. The summed E-state index contributed by atoms with van der Waals surface area (Å²) in [7, 11) is 3.09. The van der Waals surface area contributed by atoms with Crippen LogP contribution in [-0.2, 0) is 0 Å². The molecule has 0 aliphatic rings. The van der Waals surface area contributed by atoms with Gasteiger partial charge < -0.3 is 19.3 Å². The number of nitrogens with zero attached hydrogens (tertiary/aromatic N) is 1. The summed E-state index contributed by atoms with van der Waals surface area (Å²) in [4.78, 5) is 12.4. The molecule has 3 rings (SSSR count). The summed E-state index contributed by atoms with van der Waals surface area (Å²) in [5.74, 6) is 1.28. The van der Waals surface area contributed by atoms with E-state index in [1.165, 1.54) is 7.11 Å². The molecule has 0 aliphatic heterocycles. The molecule has 6 heteroatoms. The Hall–Kier alpha value is -3.28. The van der Waals surface area contributed by atoms with Crippen LogP contribution in [0.4, 0.5) is 5.69 Å². The Morgan fingerprint density at radius 3 is 2.48 bits per heavy atom. The fourth-order valence-corrected chi connectivity index (χ4v) is 2.32. The number of aromatic nitrogens is 1. The average Bonchev–Trinajstić information content (AvgIpc) is 3.13. The number of carbonyl (C=O) groups is 1. The Kier molecular flexibility index (Phi) is 4.70. The van der Waals surface area contributed by atoms with Crippen LogP contribution in [0.25, 0.3) is 11.3 Å².